The maximum Gasteiger partial charge on any atom is 0.186 e. The van der Waals surface area contributed by atoms with Crippen LogP contribution in [0.25, 0.3) is 5.65 Å². The van der Waals surface area contributed by atoms with E-state index in [2.05, 4.69) is 39.7 Å². The lowest BCUT2D eigenvalue weighted by atomic mass is 10.00. The first-order chi connectivity index (χ1) is 9.69. The van der Waals surface area contributed by atoms with Crippen molar-refractivity contribution in [2.75, 3.05) is 10.9 Å². The normalized spacial score (nSPS) is 23.9. The molecule has 0 amide bonds. The zero-order chi connectivity index (χ0) is 14.1. The van der Waals surface area contributed by atoms with Crippen molar-refractivity contribution in [3.63, 3.8) is 0 Å². The van der Waals surface area contributed by atoms with Crippen molar-refractivity contribution in [3.05, 3.63) is 18.6 Å². The maximum atomic E-state index is 5.48. The van der Waals surface area contributed by atoms with Crippen LogP contribution in [0.3, 0.4) is 0 Å². The lowest BCUT2D eigenvalue weighted by Gasteiger charge is -2.39. The predicted molar refractivity (Wildman–Crippen MR) is 79.0 cm³/mol. The van der Waals surface area contributed by atoms with Crippen molar-refractivity contribution in [1.82, 2.24) is 19.4 Å². The molecule has 2 unspecified atom stereocenters. The summed E-state index contributed by atoms with van der Waals surface area (Å²) in [5.41, 5.74) is 6.82. The molecule has 2 aromatic rings. The van der Waals surface area contributed by atoms with E-state index in [0.29, 0.717) is 17.9 Å². The molecule has 1 aliphatic rings. The molecule has 3 heterocycles. The van der Waals surface area contributed by atoms with Crippen LogP contribution in [0, 0.1) is 0 Å². The minimum absolute atomic E-state index is 0.477. The Bertz CT molecular complexity index is 583. The number of hydrogen-bond acceptors (Lipinski definition) is 6. The summed E-state index contributed by atoms with van der Waals surface area (Å²) < 4.78 is 1.91. The molecule has 108 valence electrons. The first kappa shape index (κ1) is 13.1. The van der Waals surface area contributed by atoms with Gasteiger partial charge in [-0.3, -0.25) is 5.43 Å². The molecule has 20 heavy (non-hydrogen) atoms. The van der Waals surface area contributed by atoms with E-state index in [4.69, 9.17) is 5.84 Å². The van der Waals surface area contributed by atoms with Gasteiger partial charge in [-0.25, -0.2) is 20.8 Å². The van der Waals surface area contributed by atoms with Gasteiger partial charge >= 0.3 is 0 Å². The Morgan fingerprint density at radius 3 is 2.75 bits per heavy atom. The molecule has 0 radical (unpaired) electrons. The van der Waals surface area contributed by atoms with Gasteiger partial charge in [0.15, 0.2) is 17.3 Å². The van der Waals surface area contributed by atoms with Crippen molar-refractivity contribution >= 4 is 17.3 Å². The third-order valence-electron chi connectivity index (χ3n) is 3.95. The van der Waals surface area contributed by atoms with Gasteiger partial charge < -0.3 is 9.83 Å². The second-order valence-electron chi connectivity index (χ2n) is 5.43. The van der Waals surface area contributed by atoms with Crippen LogP contribution in [0.1, 0.15) is 33.1 Å². The number of nitrogen functional groups attached to an aromatic ring is 1. The SMILES string of the molecule is CC1CCCC(C)N1Nc1nc(NN)cn2ccnc12. The fourth-order valence-electron chi connectivity index (χ4n) is 2.84. The second-order valence-corrected chi connectivity index (χ2v) is 5.43. The average Bonchev–Trinajstić information content (AvgIpc) is 2.91. The highest BCUT2D eigenvalue weighted by atomic mass is 15.6. The van der Waals surface area contributed by atoms with Crippen LogP contribution in [0.15, 0.2) is 18.6 Å². The zero-order valence-corrected chi connectivity index (χ0v) is 11.9. The minimum atomic E-state index is 0.477. The average molecular weight is 275 g/mol. The van der Waals surface area contributed by atoms with Crippen LogP contribution in [0.2, 0.25) is 0 Å². The van der Waals surface area contributed by atoms with E-state index in [9.17, 15) is 0 Å². The van der Waals surface area contributed by atoms with Gasteiger partial charge in [-0.2, -0.15) is 0 Å². The summed E-state index contributed by atoms with van der Waals surface area (Å²) in [6.07, 6.45) is 9.11. The summed E-state index contributed by atoms with van der Waals surface area (Å²) in [5, 5.41) is 2.26. The first-order valence-electron chi connectivity index (χ1n) is 7.04. The molecule has 0 bridgehead atoms. The van der Waals surface area contributed by atoms with E-state index >= 15 is 0 Å². The smallest absolute Gasteiger partial charge is 0.186 e. The Labute approximate surface area is 118 Å². The fraction of sp³-hybridized carbons (Fsp3) is 0.538. The van der Waals surface area contributed by atoms with Crippen molar-refractivity contribution in [3.8, 4) is 0 Å². The molecule has 7 nitrogen and oxygen atoms in total. The number of hydrogen-bond donors (Lipinski definition) is 3. The molecule has 3 rings (SSSR count). The second kappa shape index (κ2) is 5.26. The topological polar surface area (TPSA) is 83.5 Å². The molecular weight excluding hydrogens is 254 g/mol. The predicted octanol–water partition coefficient (Wildman–Crippen LogP) is 1.60. The highest BCUT2D eigenvalue weighted by Crippen LogP contribution is 2.24. The number of anilines is 2. The number of nitrogens with one attached hydrogen (secondary N) is 2. The number of hydrazine groups is 2. The third-order valence-corrected chi connectivity index (χ3v) is 3.95. The van der Waals surface area contributed by atoms with Crippen LogP contribution in [0.5, 0.6) is 0 Å². The Hall–Kier alpha value is -1.86. The molecule has 2 atom stereocenters. The summed E-state index contributed by atoms with van der Waals surface area (Å²) in [6, 6.07) is 0.954. The number of fused-ring (bicyclic) bond motifs is 1. The summed E-state index contributed by atoms with van der Waals surface area (Å²) in [4.78, 5) is 8.83. The quantitative estimate of drug-likeness (QED) is 0.583. The van der Waals surface area contributed by atoms with Crippen molar-refractivity contribution in [2.45, 2.75) is 45.2 Å². The Morgan fingerprint density at radius 2 is 2.05 bits per heavy atom. The summed E-state index contributed by atoms with van der Waals surface area (Å²) in [5.74, 6) is 6.81. The van der Waals surface area contributed by atoms with Crippen LogP contribution in [0.4, 0.5) is 11.6 Å². The van der Waals surface area contributed by atoms with Gasteiger partial charge in [0, 0.05) is 24.5 Å². The van der Waals surface area contributed by atoms with E-state index < -0.39 is 0 Å². The Kier molecular flexibility index (Phi) is 3.45. The molecule has 0 saturated carbocycles. The largest absolute Gasteiger partial charge is 0.307 e. The van der Waals surface area contributed by atoms with E-state index in [-0.39, 0.29) is 0 Å². The van der Waals surface area contributed by atoms with Gasteiger partial charge in [0.05, 0.1) is 6.20 Å². The highest BCUT2D eigenvalue weighted by Gasteiger charge is 2.25. The molecule has 1 saturated heterocycles. The van der Waals surface area contributed by atoms with Gasteiger partial charge in [-0.15, -0.1) is 0 Å². The monoisotopic (exact) mass is 275 g/mol. The molecule has 0 aliphatic carbocycles. The van der Waals surface area contributed by atoms with Gasteiger partial charge in [0.1, 0.15) is 0 Å². The van der Waals surface area contributed by atoms with Crippen LogP contribution in [-0.2, 0) is 0 Å². The minimum Gasteiger partial charge on any atom is -0.307 e. The fourth-order valence-corrected chi connectivity index (χ4v) is 2.84. The van der Waals surface area contributed by atoms with Crippen molar-refractivity contribution < 1.29 is 0 Å². The van der Waals surface area contributed by atoms with Crippen LogP contribution in [-0.4, -0.2) is 31.5 Å². The first-order valence-corrected chi connectivity index (χ1v) is 7.04. The van der Waals surface area contributed by atoms with Crippen LogP contribution >= 0.6 is 0 Å². The van der Waals surface area contributed by atoms with Gasteiger partial charge in [0.2, 0.25) is 0 Å². The van der Waals surface area contributed by atoms with Crippen molar-refractivity contribution in [1.29, 1.82) is 0 Å². The Balaban J connectivity index is 1.94. The number of piperidine rings is 1. The molecule has 2 aromatic heterocycles. The number of imidazole rings is 1. The number of rotatable bonds is 3. The standard InChI is InChI=1S/C13H21N7/c1-9-4-3-5-10(2)20(9)18-12-13-15-6-7-19(13)8-11(16-12)17-14/h6-10,17H,3-5,14H2,1-2H3,(H,16,18). The molecule has 4 N–H and O–H groups in total. The summed E-state index contributed by atoms with van der Waals surface area (Å²) >= 11 is 0. The summed E-state index contributed by atoms with van der Waals surface area (Å²) in [6.45, 7) is 4.47. The number of aromatic nitrogens is 3. The molecular formula is C13H21N7. The number of nitrogens with two attached hydrogens (primary N) is 1. The Morgan fingerprint density at radius 1 is 1.30 bits per heavy atom. The molecule has 0 spiro atoms. The lowest BCUT2D eigenvalue weighted by molar-refractivity contribution is 0.135. The summed E-state index contributed by atoms with van der Waals surface area (Å²) in [7, 11) is 0. The molecule has 1 aliphatic heterocycles. The maximum absolute atomic E-state index is 5.48. The van der Waals surface area contributed by atoms with E-state index in [0.717, 1.165) is 11.5 Å². The molecule has 0 aromatic carbocycles. The van der Waals surface area contributed by atoms with E-state index in [1.807, 2.05) is 16.8 Å². The molecule has 7 heteroatoms. The van der Waals surface area contributed by atoms with E-state index in [1.165, 1.54) is 19.3 Å². The number of nitrogens with zero attached hydrogens (tertiary/aromatic N) is 4. The van der Waals surface area contributed by atoms with Crippen LogP contribution < -0.4 is 16.7 Å². The van der Waals surface area contributed by atoms with Gasteiger partial charge in [-0.1, -0.05) is 6.42 Å². The third kappa shape index (κ3) is 2.30. The van der Waals surface area contributed by atoms with E-state index in [1.54, 1.807) is 6.20 Å². The lowest BCUT2D eigenvalue weighted by Crippen LogP contribution is -2.47. The highest BCUT2D eigenvalue weighted by molar-refractivity contribution is 5.64. The van der Waals surface area contributed by atoms with Crippen molar-refractivity contribution in [2.24, 2.45) is 5.84 Å². The zero-order valence-electron chi connectivity index (χ0n) is 11.9. The van der Waals surface area contributed by atoms with Gasteiger partial charge in [0.25, 0.3) is 0 Å². The van der Waals surface area contributed by atoms with Gasteiger partial charge in [-0.05, 0) is 26.7 Å². The molecule has 1 fully saturated rings.